The lowest BCUT2D eigenvalue weighted by molar-refractivity contribution is 0.342. The first-order chi connectivity index (χ1) is 8.33. The van der Waals surface area contributed by atoms with Crippen LogP contribution in [0.1, 0.15) is 11.8 Å². The molecule has 0 saturated carbocycles. The van der Waals surface area contributed by atoms with Crippen LogP contribution in [0.3, 0.4) is 0 Å². The fraction of sp³-hybridized carbons (Fsp3) is 0.250. The van der Waals surface area contributed by atoms with Crippen LogP contribution in [-0.2, 0) is 6.54 Å². The highest BCUT2D eigenvalue weighted by Gasteiger charge is 2.05. The van der Waals surface area contributed by atoms with E-state index in [2.05, 4.69) is 10.3 Å². The number of nitrogens with zero attached hydrogens (tertiary/aromatic N) is 1. The number of hydrogen-bond donors (Lipinski definition) is 2. The van der Waals surface area contributed by atoms with Crippen LogP contribution in [0.15, 0.2) is 30.5 Å². The minimum atomic E-state index is 0.520. The molecule has 0 aliphatic carbocycles. The van der Waals surface area contributed by atoms with Gasteiger partial charge in [-0.3, -0.25) is 0 Å². The van der Waals surface area contributed by atoms with Crippen LogP contribution in [0, 0.1) is 0 Å². The Bertz CT molecular complexity index is 484. The highest BCUT2D eigenvalue weighted by atomic mass is 32.1. The largest absolute Gasteiger partial charge is 0.492 e. The number of aromatic nitrogens is 1. The van der Waals surface area contributed by atoms with Crippen molar-refractivity contribution in [2.24, 2.45) is 5.73 Å². The van der Waals surface area contributed by atoms with Gasteiger partial charge in [-0.1, -0.05) is 12.1 Å². The molecule has 1 aromatic heterocycles. The van der Waals surface area contributed by atoms with E-state index in [9.17, 15) is 0 Å². The lowest BCUT2D eigenvalue weighted by Gasteiger charge is -2.09. The van der Waals surface area contributed by atoms with Crippen LogP contribution in [0.4, 0.5) is 10.8 Å². The molecule has 0 aliphatic heterocycles. The minimum absolute atomic E-state index is 0.520. The molecule has 0 saturated heterocycles. The molecule has 0 aliphatic rings. The summed E-state index contributed by atoms with van der Waals surface area (Å²) in [5.41, 5.74) is 6.48. The molecule has 5 heteroatoms. The summed E-state index contributed by atoms with van der Waals surface area (Å²) < 4.78 is 5.53. The zero-order valence-electron chi connectivity index (χ0n) is 9.64. The van der Waals surface area contributed by atoms with Gasteiger partial charge in [0.05, 0.1) is 12.3 Å². The average Bonchev–Trinajstić information content (AvgIpc) is 2.80. The number of para-hydroxylation sites is 2. The Morgan fingerprint density at radius 1 is 1.41 bits per heavy atom. The molecule has 0 fully saturated rings. The lowest BCUT2D eigenvalue weighted by Crippen LogP contribution is -1.97. The molecule has 3 N–H and O–H groups in total. The molecule has 2 rings (SSSR count). The van der Waals surface area contributed by atoms with E-state index in [1.807, 2.05) is 31.2 Å². The topological polar surface area (TPSA) is 60.2 Å². The second-order valence-corrected chi connectivity index (χ2v) is 4.51. The van der Waals surface area contributed by atoms with Crippen molar-refractivity contribution in [3.63, 3.8) is 0 Å². The summed E-state index contributed by atoms with van der Waals surface area (Å²) in [6, 6.07) is 7.81. The maximum absolute atomic E-state index is 5.55. The van der Waals surface area contributed by atoms with Crippen molar-refractivity contribution in [2.75, 3.05) is 11.9 Å². The van der Waals surface area contributed by atoms with Crippen LogP contribution in [-0.4, -0.2) is 11.6 Å². The highest BCUT2D eigenvalue weighted by molar-refractivity contribution is 7.15. The predicted molar refractivity (Wildman–Crippen MR) is 70.9 cm³/mol. The van der Waals surface area contributed by atoms with Gasteiger partial charge in [-0.05, 0) is 19.1 Å². The number of rotatable bonds is 5. The minimum Gasteiger partial charge on any atom is -0.492 e. The molecular formula is C12H15N3OS. The Hall–Kier alpha value is -1.59. The van der Waals surface area contributed by atoms with Gasteiger partial charge in [0.2, 0.25) is 0 Å². The van der Waals surface area contributed by atoms with Crippen LogP contribution in [0.5, 0.6) is 5.75 Å². The molecule has 0 radical (unpaired) electrons. The van der Waals surface area contributed by atoms with Gasteiger partial charge in [-0.2, -0.15) is 0 Å². The van der Waals surface area contributed by atoms with Crippen LogP contribution >= 0.6 is 11.3 Å². The third-order valence-electron chi connectivity index (χ3n) is 2.18. The maximum atomic E-state index is 5.55. The van der Waals surface area contributed by atoms with Crippen LogP contribution in [0.2, 0.25) is 0 Å². The summed E-state index contributed by atoms with van der Waals surface area (Å²) in [4.78, 5) is 5.31. The van der Waals surface area contributed by atoms with E-state index in [1.54, 1.807) is 17.5 Å². The van der Waals surface area contributed by atoms with E-state index in [4.69, 9.17) is 10.5 Å². The third kappa shape index (κ3) is 2.95. The molecule has 17 heavy (non-hydrogen) atoms. The van der Waals surface area contributed by atoms with E-state index in [1.165, 1.54) is 0 Å². The maximum Gasteiger partial charge on any atom is 0.187 e. The second-order valence-electron chi connectivity index (χ2n) is 3.39. The third-order valence-corrected chi connectivity index (χ3v) is 3.12. The number of anilines is 2. The van der Waals surface area contributed by atoms with Crippen molar-refractivity contribution in [2.45, 2.75) is 13.5 Å². The number of hydrogen-bond acceptors (Lipinski definition) is 5. The van der Waals surface area contributed by atoms with Gasteiger partial charge in [0, 0.05) is 17.6 Å². The van der Waals surface area contributed by atoms with Gasteiger partial charge in [-0.25, -0.2) is 4.98 Å². The average molecular weight is 249 g/mol. The quantitative estimate of drug-likeness (QED) is 0.855. The molecule has 0 bridgehead atoms. The molecule has 0 amide bonds. The Labute approximate surface area is 104 Å². The van der Waals surface area contributed by atoms with Gasteiger partial charge >= 0.3 is 0 Å². The van der Waals surface area contributed by atoms with Gasteiger partial charge < -0.3 is 15.8 Å². The zero-order valence-corrected chi connectivity index (χ0v) is 10.5. The normalized spacial score (nSPS) is 10.2. The monoisotopic (exact) mass is 249 g/mol. The Kier molecular flexibility index (Phi) is 3.95. The Balaban J connectivity index is 2.17. The smallest absolute Gasteiger partial charge is 0.187 e. The first-order valence-electron chi connectivity index (χ1n) is 5.47. The van der Waals surface area contributed by atoms with Crippen molar-refractivity contribution in [1.82, 2.24) is 4.98 Å². The summed E-state index contributed by atoms with van der Waals surface area (Å²) in [5, 5.41) is 4.07. The fourth-order valence-corrected chi connectivity index (χ4v) is 2.13. The number of benzene rings is 1. The first-order valence-corrected chi connectivity index (χ1v) is 6.28. The van der Waals surface area contributed by atoms with E-state index < -0.39 is 0 Å². The van der Waals surface area contributed by atoms with E-state index in [0.717, 1.165) is 21.4 Å². The Morgan fingerprint density at radius 3 is 2.94 bits per heavy atom. The standard InChI is InChI=1S/C12H15N3OS/c1-2-16-11-6-4-3-5-10(11)15-12-14-8-9(7-13)17-12/h3-6,8H,2,7,13H2,1H3,(H,14,15). The highest BCUT2D eigenvalue weighted by Crippen LogP contribution is 2.29. The molecular weight excluding hydrogens is 234 g/mol. The van der Waals surface area contributed by atoms with Crippen molar-refractivity contribution in [1.29, 1.82) is 0 Å². The molecule has 0 unspecified atom stereocenters. The molecule has 4 nitrogen and oxygen atoms in total. The number of nitrogens with two attached hydrogens (primary N) is 1. The molecule has 1 heterocycles. The zero-order chi connectivity index (χ0) is 12.1. The molecule has 1 aromatic carbocycles. The van der Waals surface area contributed by atoms with Crippen LogP contribution in [0.25, 0.3) is 0 Å². The molecule has 90 valence electrons. The van der Waals surface area contributed by atoms with Crippen molar-refractivity contribution < 1.29 is 4.74 Å². The molecule has 2 aromatic rings. The van der Waals surface area contributed by atoms with Gasteiger partial charge in [0.25, 0.3) is 0 Å². The first kappa shape index (κ1) is 11.9. The van der Waals surface area contributed by atoms with Crippen molar-refractivity contribution in [3.05, 3.63) is 35.3 Å². The number of ether oxygens (including phenoxy) is 1. The summed E-state index contributed by atoms with van der Waals surface area (Å²) in [5.74, 6) is 0.833. The van der Waals surface area contributed by atoms with E-state index in [-0.39, 0.29) is 0 Å². The van der Waals surface area contributed by atoms with Gasteiger partial charge in [-0.15, -0.1) is 11.3 Å². The molecule has 0 spiro atoms. The summed E-state index contributed by atoms with van der Waals surface area (Å²) in [6.07, 6.45) is 1.79. The predicted octanol–water partition coefficient (Wildman–Crippen LogP) is 2.74. The van der Waals surface area contributed by atoms with Gasteiger partial charge in [0.15, 0.2) is 5.13 Å². The van der Waals surface area contributed by atoms with E-state index >= 15 is 0 Å². The van der Waals surface area contributed by atoms with E-state index in [0.29, 0.717) is 13.2 Å². The lowest BCUT2D eigenvalue weighted by atomic mass is 10.3. The summed E-state index contributed by atoms with van der Waals surface area (Å²) >= 11 is 1.55. The molecule has 0 atom stereocenters. The second kappa shape index (κ2) is 5.65. The van der Waals surface area contributed by atoms with Crippen molar-refractivity contribution >= 4 is 22.2 Å². The van der Waals surface area contributed by atoms with Crippen molar-refractivity contribution in [3.8, 4) is 5.75 Å². The number of thiazole rings is 1. The summed E-state index contributed by atoms with van der Waals surface area (Å²) in [6.45, 7) is 3.13. The van der Waals surface area contributed by atoms with Crippen LogP contribution < -0.4 is 15.8 Å². The number of nitrogens with one attached hydrogen (secondary N) is 1. The van der Waals surface area contributed by atoms with Gasteiger partial charge in [0.1, 0.15) is 5.75 Å². The summed E-state index contributed by atoms with van der Waals surface area (Å²) in [7, 11) is 0. The SMILES string of the molecule is CCOc1ccccc1Nc1ncc(CN)s1. The fourth-order valence-electron chi connectivity index (χ4n) is 1.43. The Morgan fingerprint density at radius 2 is 2.24 bits per heavy atom.